The molecule has 1 atom stereocenters. The monoisotopic (exact) mass is 442 g/mol. The van der Waals surface area contributed by atoms with Gasteiger partial charge in [0, 0.05) is 18.8 Å². The second-order valence-electron chi connectivity index (χ2n) is 8.43. The van der Waals surface area contributed by atoms with Gasteiger partial charge in [-0.25, -0.2) is 9.97 Å². The van der Waals surface area contributed by atoms with Crippen LogP contribution in [0, 0.1) is 5.92 Å². The van der Waals surface area contributed by atoms with Crippen molar-refractivity contribution in [2.75, 3.05) is 23.3 Å². The van der Waals surface area contributed by atoms with Crippen LogP contribution in [0.25, 0.3) is 11.0 Å². The van der Waals surface area contributed by atoms with E-state index in [0.717, 1.165) is 0 Å². The van der Waals surface area contributed by atoms with E-state index in [4.69, 9.17) is 0 Å². The maximum absolute atomic E-state index is 13.8. The van der Waals surface area contributed by atoms with Gasteiger partial charge in [-0.3, -0.25) is 4.79 Å². The Morgan fingerprint density at radius 1 is 1.06 bits per heavy atom. The highest BCUT2D eigenvalue weighted by Crippen LogP contribution is 2.36. The first-order valence-corrected chi connectivity index (χ1v) is 10.7. The minimum atomic E-state index is -4.64. The number of halogens is 3. The number of rotatable bonds is 4. The summed E-state index contributed by atoms with van der Waals surface area (Å²) in [6.07, 6.45) is -3.44. The lowest BCUT2D eigenvalue weighted by Crippen LogP contribution is -2.42. The number of aromatic nitrogens is 2. The fourth-order valence-electron chi connectivity index (χ4n) is 3.98. The molecule has 0 spiro atoms. The normalized spacial score (nSPS) is 17.1. The van der Waals surface area contributed by atoms with Crippen molar-refractivity contribution in [3.8, 4) is 0 Å². The highest BCUT2D eigenvalue weighted by atomic mass is 19.4. The van der Waals surface area contributed by atoms with Crippen LogP contribution in [-0.4, -0.2) is 29.0 Å². The number of fused-ring (bicyclic) bond motifs is 1. The fraction of sp³-hybridized carbons (Fsp3) is 0.375. The third-order valence-electron chi connectivity index (χ3n) is 5.76. The van der Waals surface area contributed by atoms with Crippen LogP contribution in [0.1, 0.15) is 43.9 Å². The molecule has 3 aromatic rings. The van der Waals surface area contributed by atoms with Crippen LogP contribution in [-0.2, 0) is 11.0 Å². The van der Waals surface area contributed by atoms with Crippen LogP contribution in [0.15, 0.2) is 48.5 Å². The number of nitrogens with one attached hydrogen (secondary N) is 1. The van der Waals surface area contributed by atoms with E-state index in [2.05, 4.69) is 29.1 Å². The van der Waals surface area contributed by atoms with Crippen molar-refractivity contribution in [2.24, 2.45) is 5.92 Å². The van der Waals surface area contributed by atoms with Crippen LogP contribution < -0.4 is 10.2 Å². The highest BCUT2D eigenvalue weighted by molar-refractivity contribution is 5.93. The number of carbonyl (C=O) groups is 1. The van der Waals surface area contributed by atoms with Gasteiger partial charge >= 0.3 is 6.18 Å². The van der Waals surface area contributed by atoms with E-state index in [0.29, 0.717) is 36.5 Å². The second kappa shape index (κ2) is 8.76. The van der Waals surface area contributed by atoms with Crippen LogP contribution >= 0.6 is 0 Å². The van der Waals surface area contributed by atoms with Crippen molar-refractivity contribution < 1.29 is 18.0 Å². The second-order valence-corrected chi connectivity index (χ2v) is 8.43. The minimum absolute atomic E-state index is 0.159. The van der Waals surface area contributed by atoms with Crippen LogP contribution in [0.4, 0.5) is 24.7 Å². The van der Waals surface area contributed by atoms with E-state index in [1.54, 1.807) is 18.2 Å². The Kier molecular flexibility index (Phi) is 6.04. The molecular formula is C24H25F3N4O. The molecule has 0 bridgehead atoms. The van der Waals surface area contributed by atoms with E-state index in [1.807, 2.05) is 24.3 Å². The molecule has 2 aromatic carbocycles. The van der Waals surface area contributed by atoms with E-state index >= 15 is 0 Å². The standard InChI is InChI=1S/C24H25F3N4O/c1-15(2)16-9-11-18(12-10-16)28-23(32)17-6-5-13-31(14-17)22-21(24(25,26)27)29-19-7-3-4-8-20(19)30-22/h3-4,7-12,15,17H,5-6,13-14H2,1-2H3,(H,28,32)/t17-/m0/s1. The number of hydrogen-bond acceptors (Lipinski definition) is 4. The third-order valence-corrected chi connectivity index (χ3v) is 5.76. The molecule has 0 radical (unpaired) electrons. The summed E-state index contributed by atoms with van der Waals surface area (Å²) >= 11 is 0. The van der Waals surface area contributed by atoms with E-state index in [1.165, 1.54) is 16.5 Å². The number of para-hydroxylation sites is 2. The van der Waals surface area contributed by atoms with Gasteiger partial charge < -0.3 is 10.2 Å². The van der Waals surface area contributed by atoms with Gasteiger partial charge in [-0.05, 0) is 48.6 Å². The molecule has 0 aliphatic carbocycles. The molecule has 1 aliphatic rings. The predicted octanol–water partition coefficient (Wildman–Crippen LogP) is 5.63. The zero-order chi connectivity index (χ0) is 22.9. The molecular weight excluding hydrogens is 417 g/mol. The molecule has 1 aliphatic heterocycles. The topological polar surface area (TPSA) is 58.1 Å². The maximum atomic E-state index is 13.8. The molecule has 1 saturated heterocycles. The molecule has 0 saturated carbocycles. The average Bonchev–Trinajstić information content (AvgIpc) is 2.78. The molecule has 8 heteroatoms. The van der Waals surface area contributed by atoms with Crippen molar-refractivity contribution in [1.29, 1.82) is 0 Å². The molecule has 1 aromatic heterocycles. The first-order valence-electron chi connectivity index (χ1n) is 10.7. The Balaban J connectivity index is 1.56. The number of nitrogens with zero attached hydrogens (tertiary/aromatic N) is 3. The van der Waals surface area contributed by atoms with Crippen LogP contribution in [0.3, 0.4) is 0 Å². The lowest BCUT2D eigenvalue weighted by Gasteiger charge is -2.34. The van der Waals surface area contributed by atoms with Crippen LogP contribution in [0.5, 0.6) is 0 Å². The SMILES string of the molecule is CC(C)c1ccc(NC(=O)[C@H]2CCCN(c3nc4ccccc4nc3C(F)(F)F)C2)cc1. The molecule has 32 heavy (non-hydrogen) atoms. The molecule has 168 valence electrons. The molecule has 1 fully saturated rings. The molecule has 1 N–H and O–H groups in total. The van der Waals surface area contributed by atoms with Crippen molar-refractivity contribution in [3.05, 3.63) is 59.8 Å². The molecule has 5 nitrogen and oxygen atoms in total. The Hall–Kier alpha value is -3.16. The molecule has 0 unspecified atom stereocenters. The summed E-state index contributed by atoms with van der Waals surface area (Å²) < 4.78 is 41.3. The van der Waals surface area contributed by atoms with Gasteiger partial charge in [0.25, 0.3) is 0 Å². The van der Waals surface area contributed by atoms with Gasteiger partial charge in [0.1, 0.15) is 0 Å². The number of carbonyl (C=O) groups excluding carboxylic acids is 1. The van der Waals surface area contributed by atoms with E-state index < -0.39 is 17.8 Å². The quantitative estimate of drug-likeness (QED) is 0.569. The van der Waals surface area contributed by atoms with Crippen molar-refractivity contribution in [2.45, 2.75) is 38.8 Å². The summed E-state index contributed by atoms with van der Waals surface area (Å²) in [7, 11) is 0. The van der Waals surface area contributed by atoms with Gasteiger partial charge in [-0.15, -0.1) is 0 Å². The Morgan fingerprint density at radius 3 is 2.34 bits per heavy atom. The summed E-state index contributed by atoms with van der Waals surface area (Å²) in [6.45, 7) is 4.74. The summed E-state index contributed by atoms with van der Waals surface area (Å²) in [4.78, 5) is 22.5. The number of benzene rings is 2. The summed E-state index contributed by atoms with van der Waals surface area (Å²) in [5.74, 6) is -0.468. The smallest absolute Gasteiger partial charge is 0.354 e. The van der Waals surface area contributed by atoms with Crippen LogP contribution in [0.2, 0.25) is 0 Å². The lowest BCUT2D eigenvalue weighted by atomic mass is 9.96. The minimum Gasteiger partial charge on any atom is -0.354 e. The molecule has 2 heterocycles. The Bertz CT molecular complexity index is 1110. The number of amides is 1. The van der Waals surface area contributed by atoms with Crippen molar-refractivity contribution in [3.63, 3.8) is 0 Å². The summed E-state index contributed by atoms with van der Waals surface area (Å²) in [6, 6.07) is 14.1. The Labute approximate surface area is 184 Å². The zero-order valence-electron chi connectivity index (χ0n) is 18.0. The largest absolute Gasteiger partial charge is 0.437 e. The number of alkyl halides is 3. The summed E-state index contributed by atoms with van der Waals surface area (Å²) in [5.41, 5.74) is 1.42. The van der Waals surface area contributed by atoms with Gasteiger partial charge in [0.2, 0.25) is 5.91 Å². The highest BCUT2D eigenvalue weighted by Gasteiger charge is 2.40. The van der Waals surface area contributed by atoms with Gasteiger partial charge in [0.05, 0.1) is 17.0 Å². The van der Waals surface area contributed by atoms with Gasteiger partial charge in [0.15, 0.2) is 11.5 Å². The summed E-state index contributed by atoms with van der Waals surface area (Å²) in [5, 5.41) is 2.90. The number of anilines is 2. The molecule has 4 rings (SSSR count). The fourth-order valence-corrected chi connectivity index (χ4v) is 3.98. The first-order chi connectivity index (χ1) is 15.2. The van der Waals surface area contributed by atoms with Gasteiger partial charge in [-0.2, -0.15) is 13.2 Å². The lowest BCUT2D eigenvalue weighted by molar-refractivity contribution is -0.140. The van der Waals surface area contributed by atoms with E-state index in [9.17, 15) is 18.0 Å². The first kappa shape index (κ1) is 22.0. The predicted molar refractivity (Wildman–Crippen MR) is 119 cm³/mol. The van der Waals surface area contributed by atoms with E-state index in [-0.39, 0.29) is 23.8 Å². The van der Waals surface area contributed by atoms with Crippen molar-refractivity contribution >= 4 is 28.4 Å². The van der Waals surface area contributed by atoms with Gasteiger partial charge in [-0.1, -0.05) is 38.1 Å². The average molecular weight is 442 g/mol. The van der Waals surface area contributed by atoms with Crippen molar-refractivity contribution in [1.82, 2.24) is 9.97 Å². The third kappa shape index (κ3) is 4.69. The maximum Gasteiger partial charge on any atom is 0.437 e. The number of piperidine rings is 1. The molecule has 1 amide bonds. The number of hydrogen-bond donors (Lipinski definition) is 1. The zero-order valence-corrected chi connectivity index (χ0v) is 18.0. The Morgan fingerprint density at radius 2 is 1.72 bits per heavy atom.